The van der Waals surface area contributed by atoms with E-state index in [1.54, 1.807) is 0 Å². The van der Waals surface area contributed by atoms with Crippen molar-refractivity contribution in [1.82, 2.24) is 9.55 Å². The molecule has 4 heteroatoms. The Hall–Kier alpha value is -3.89. The molecule has 39 heavy (non-hydrogen) atoms. The molecule has 0 aliphatic rings. The molecule has 0 aliphatic carbocycles. The second-order valence-corrected chi connectivity index (χ2v) is 12.9. The average molecular weight is 525 g/mol. The van der Waals surface area contributed by atoms with Crippen LogP contribution >= 0.6 is 0 Å². The minimum absolute atomic E-state index is 0.0163. The summed E-state index contributed by atoms with van der Waals surface area (Å²) in [5.41, 5.74) is 5.71. The normalized spacial score (nSPS) is 12.2. The maximum Gasteiger partial charge on any atom is 0.0953 e. The number of imidazole rings is 1. The van der Waals surface area contributed by atoms with Crippen LogP contribution in [-0.2, 0) is 5.16 Å². The fourth-order valence-corrected chi connectivity index (χ4v) is 8.03. The second kappa shape index (κ2) is 14.3. The number of hydrogen-bond acceptors (Lipinski definition) is 1. The summed E-state index contributed by atoms with van der Waals surface area (Å²) in [6, 6.07) is 42.1. The number of aromatic nitrogens is 2. The maximum absolute atomic E-state index is 6.12. The predicted octanol–water partition coefficient (Wildman–Crippen LogP) is 7.52. The van der Waals surface area contributed by atoms with Gasteiger partial charge in [0.05, 0.1) is 28.9 Å². The van der Waals surface area contributed by atoms with Gasteiger partial charge in [0, 0.05) is 12.4 Å². The zero-order chi connectivity index (χ0) is 27.3. The zero-order valence-electron chi connectivity index (χ0n) is 22.8. The van der Waals surface area contributed by atoms with Crippen LogP contribution in [0.25, 0.3) is 0 Å². The van der Waals surface area contributed by atoms with Crippen molar-refractivity contribution in [3.63, 3.8) is 0 Å². The number of hydrogen-bond donors (Lipinski definition) is 0. The van der Waals surface area contributed by atoms with Crippen molar-refractivity contribution in [3.05, 3.63) is 175 Å². The quantitative estimate of drug-likeness (QED) is 0.136. The van der Waals surface area contributed by atoms with Crippen molar-refractivity contribution >= 4 is 17.4 Å². The highest BCUT2D eigenvalue weighted by atomic mass is 28.2. The molecule has 0 saturated heterocycles. The molecule has 194 valence electrons. The maximum atomic E-state index is 6.12. The van der Waals surface area contributed by atoms with E-state index in [0.29, 0.717) is 5.54 Å². The Morgan fingerprint density at radius 3 is 1.67 bits per heavy atom. The van der Waals surface area contributed by atoms with Gasteiger partial charge < -0.3 is 4.57 Å². The van der Waals surface area contributed by atoms with Gasteiger partial charge in [0.15, 0.2) is 0 Å². The van der Waals surface area contributed by atoms with Gasteiger partial charge in [-0.25, -0.2) is 4.98 Å². The first-order valence-corrected chi connectivity index (χ1v) is 15.2. The van der Waals surface area contributed by atoms with Crippen LogP contribution in [0.4, 0.5) is 0 Å². The Kier molecular flexibility index (Phi) is 10.3. The molecule has 0 N–H and O–H groups in total. The van der Waals surface area contributed by atoms with Gasteiger partial charge in [-0.05, 0) is 34.5 Å². The molecular weight excluding hydrogens is 487 g/mol. The molecule has 0 spiro atoms. The van der Waals surface area contributed by atoms with Crippen LogP contribution in [0.2, 0.25) is 5.54 Å². The Morgan fingerprint density at radius 1 is 0.795 bits per heavy atom. The van der Waals surface area contributed by atoms with Crippen LogP contribution < -0.4 is 0 Å². The second-order valence-electron chi connectivity index (χ2n) is 10.0. The lowest BCUT2D eigenvalue weighted by Gasteiger charge is -2.38. The first-order chi connectivity index (χ1) is 19.1. The summed E-state index contributed by atoms with van der Waals surface area (Å²) in [5, 5.41) is -0.112. The van der Waals surface area contributed by atoms with E-state index in [2.05, 4.69) is 114 Å². The average Bonchev–Trinajstić information content (AvgIpc) is 3.56. The Bertz CT molecular complexity index is 1280. The summed E-state index contributed by atoms with van der Waals surface area (Å²) in [6.45, 7) is 6.29. The minimum atomic E-state index is -0.568. The van der Waals surface area contributed by atoms with Gasteiger partial charge in [-0.1, -0.05) is 146 Å². The highest BCUT2D eigenvalue weighted by Gasteiger charge is 2.37. The minimum Gasteiger partial charge on any atom is -0.327 e. The van der Waals surface area contributed by atoms with Crippen LogP contribution in [0.1, 0.15) is 47.8 Å². The highest BCUT2D eigenvalue weighted by molar-refractivity contribution is 6.43. The fraction of sp³-hybridized carbons (Fsp3) is 0.171. The van der Waals surface area contributed by atoms with Crippen molar-refractivity contribution in [2.45, 2.75) is 36.3 Å². The molecule has 4 aromatic carbocycles. The van der Waals surface area contributed by atoms with Gasteiger partial charge in [-0.2, -0.15) is 0 Å². The third-order valence-corrected chi connectivity index (χ3v) is 10.2. The standard InChI is InChI=1S/C22H26N2Si.C13H11B/c1-3-4-11-19(2)25-22(24-17-16-23-18-24,20-12-7-5-8-13-20)21-14-9-6-10-15-21;14-13(11-7-3-1-4-8-11)12-9-5-2-6-10-12/h3,5-10,12-19H,1,4,11,25H2,2H3;1-10,13H. The molecule has 0 fully saturated rings. The molecule has 2 radical (unpaired) electrons. The van der Waals surface area contributed by atoms with E-state index in [-0.39, 0.29) is 11.0 Å². The molecule has 0 bridgehead atoms. The van der Waals surface area contributed by atoms with E-state index in [0.717, 1.165) is 17.5 Å². The molecule has 1 aromatic heterocycles. The van der Waals surface area contributed by atoms with Gasteiger partial charge in [0.2, 0.25) is 0 Å². The van der Waals surface area contributed by atoms with Crippen molar-refractivity contribution in [3.8, 4) is 0 Å². The van der Waals surface area contributed by atoms with E-state index in [1.165, 1.54) is 17.5 Å². The van der Waals surface area contributed by atoms with Crippen LogP contribution in [0.15, 0.2) is 153 Å². The topological polar surface area (TPSA) is 17.8 Å². The molecule has 0 amide bonds. The summed E-state index contributed by atoms with van der Waals surface area (Å²) < 4.78 is 2.33. The Balaban J connectivity index is 0.000000212. The SMILES string of the molecule is C=CCCC(C)[SiH2]C(c1ccccc1)(c1ccccc1)n1ccnc1.[B]C(c1ccccc1)c1ccccc1. The van der Waals surface area contributed by atoms with E-state index < -0.39 is 9.52 Å². The first-order valence-electron chi connectivity index (χ1n) is 13.7. The highest BCUT2D eigenvalue weighted by Crippen LogP contribution is 2.36. The third-order valence-electron chi connectivity index (χ3n) is 7.27. The molecule has 2 nitrogen and oxygen atoms in total. The number of nitrogens with zero attached hydrogens (tertiary/aromatic N) is 2. The molecule has 1 atom stereocenters. The van der Waals surface area contributed by atoms with Gasteiger partial charge in [-0.3, -0.25) is 0 Å². The molecule has 0 aliphatic heterocycles. The lowest BCUT2D eigenvalue weighted by molar-refractivity contribution is 0.578. The summed E-state index contributed by atoms with van der Waals surface area (Å²) in [4.78, 5) is 4.38. The van der Waals surface area contributed by atoms with Crippen molar-refractivity contribution < 1.29 is 0 Å². The monoisotopic (exact) mass is 524 g/mol. The number of rotatable bonds is 10. The Labute approximate surface area is 237 Å². The van der Waals surface area contributed by atoms with Crippen LogP contribution in [0, 0.1) is 0 Å². The van der Waals surface area contributed by atoms with E-state index in [9.17, 15) is 0 Å². The van der Waals surface area contributed by atoms with Crippen molar-refractivity contribution in [2.75, 3.05) is 0 Å². The van der Waals surface area contributed by atoms with Crippen molar-refractivity contribution in [2.24, 2.45) is 0 Å². The third kappa shape index (κ3) is 7.16. The van der Waals surface area contributed by atoms with E-state index >= 15 is 0 Å². The molecule has 5 rings (SSSR count). The number of allylic oxidation sites excluding steroid dienone is 1. The van der Waals surface area contributed by atoms with E-state index in [4.69, 9.17) is 7.85 Å². The van der Waals surface area contributed by atoms with Gasteiger partial charge in [-0.15, -0.1) is 6.58 Å². The molecule has 5 aromatic rings. The summed E-state index contributed by atoms with van der Waals surface area (Å²) in [5.74, 6) is -0.0163. The zero-order valence-corrected chi connectivity index (χ0v) is 24.2. The van der Waals surface area contributed by atoms with Gasteiger partial charge >= 0.3 is 0 Å². The smallest absolute Gasteiger partial charge is 0.0953 e. The summed E-state index contributed by atoms with van der Waals surface area (Å²) in [6.07, 6.45) is 10.3. The van der Waals surface area contributed by atoms with Crippen LogP contribution in [-0.4, -0.2) is 26.9 Å². The van der Waals surface area contributed by atoms with E-state index in [1.807, 2.05) is 55.0 Å². The molecule has 1 heterocycles. The molecular formula is C35H37BN2Si. The summed E-state index contributed by atoms with van der Waals surface area (Å²) in [7, 11) is 5.55. The predicted molar refractivity (Wildman–Crippen MR) is 169 cm³/mol. The van der Waals surface area contributed by atoms with Gasteiger partial charge in [0.25, 0.3) is 0 Å². The van der Waals surface area contributed by atoms with Crippen LogP contribution in [0.5, 0.6) is 0 Å². The lowest BCUT2D eigenvalue weighted by Crippen LogP contribution is -2.43. The lowest BCUT2D eigenvalue weighted by atomic mass is 9.76. The first kappa shape index (κ1) is 28.1. The fourth-order valence-electron chi connectivity index (χ4n) is 5.24. The van der Waals surface area contributed by atoms with Crippen LogP contribution in [0.3, 0.4) is 0 Å². The largest absolute Gasteiger partial charge is 0.327 e. The molecule has 1 unspecified atom stereocenters. The molecule has 0 saturated carbocycles. The number of benzene rings is 4. The van der Waals surface area contributed by atoms with Crippen molar-refractivity contribution in [1.29, 1.82) is 0 Å². The van der Waals surface area contributed by atoms with Gasteiger partial charge in [0.1, 0.15) is 0 Å². The Morgan fingerprint density at radius 2 is 1.26 bits per heavy atom. The summed E-state index contributed by atoms with van der Waals surface area (Å²) >= 11 is 0.